The van der Waals surface area contributed by atoms with Gasteiger partial charge in [0, 0.05) is 22.9 Å². The molecule has 1 N–H and O–H groups in total. The van der Waals surface area contributed by atoms with E-state index in [1.54, 1.807) is 6.07 Å². The molecule has 0 amide bonds. The molecule has 22 heavy (non-hydrogen) atoms. The van der Waals surface area contributed by atoms with Crippen molar-refractivity contribution in [2.75, 3.05) is 0 Å². The quantitative estimate of drug-likeness (QED) is 0.686. The van der Waals surface area contributed by atoms with Crippen molar-refractivity contribution in [1.82, 2.24) is 4.57 Å². The van der Waals surface area contributed by atoms with Crippen molar-refractivity contribution in [3.63, 3.8) is 0 Å². The summed E-state index contributed by atoms with van der Waals surface area (Å²) in [5, 5.41) is 12.9. The number of nitrogens with zero attached hydrogens (tertiary/aromatic N) is 1. The molecular weight excluding hydrogens is 274 g/mol. The van der Waals surface area contributed by atoms with Crippen molar-refractivity contribution in [3.8, 4) is 5.75 Å². The minimum Gasteiger partial charge on any atom is -0.508 e. The predicted molar refractivity (Wildman–Crippen MR) is 89.9 cm³/mol. The lowest BCUT2D eigenvalue weighted by atomic mass is 9.99. The Morgan fingerprint density at radius 1 is 0.909 bits per heavy atom. The second-order valence-corrected chi connectivity index (χ2v) is 6.54. The fourth-order valence-corrected chi connectivity index (χ4v) is 3.25. The van der Waals surface area contributed by atoms with E-state index in [9.17, 15) is 9.90 Å². The van der Waals surface area contributed by atoms with Crippen molar-refractivity contribution in [2.45, 2.75) is 39.7 Å². The third kappa shape index (κ3) is 1.78. The van der Waals surface area contributed by atoms with Gasteiger partial charge in [-0.05, 0) is 67.8 Å². The van der Waals surface area contributed by atoms with E-state index < -0.39 is 0 Å². The Bertz CT molecular complexity index is 994. The summed E-state index contributed by atoms with van der Waals surface area (Å²) in [5.41, 5.74) is 4.08. The van der Waals surface area contributed by atoms with Gasteiger partial charge in [-0.25, -0.2) is 0 Å². The molecule has 1 saturated carbocycles. The Kier molecular flexibility index (Phi) is 2.65. The van der Waals surface area contributed by atoms with Crippen LogP contribution in [0.2, 0.25) is 0 Å². The largest absolute Gasteiger partial charge is 0.508 e. The average Bonchev–Trinajstić information content (AvgIpc) is 3.28. The van der Waals surface area contributed by atoms with Gasteiger partial charge in [0.1, 0.15) is 5.75 Å². The lowest BCUT2D eigenvalue weighted by Crippen LogP contribution is -2.20. The smallest absolute Gasteiger partial charge is 0.259 e. The third-order valence-electron chi connectivity index (χ3n) is 4.86. The molecule has 3 heteroatoms. The molecule has 1 aliphatic carbocycles. The van der Waals surface area contributed by atoms with Gasteiger partial charge in [-0.3, -0.25) is 4.79 Å². The van der Waals surface area contributed by atoms with Gasteiger partial charge in [-0.2, -0.15) is 0 Å². The van der Waals surface area contributed by atoms with Crippen LogP contribution in [0, 0.1) is 20.8 Å². The summed E-state index contributed by atoms with van der Waals surface area (Å²) in [6, 6.07) is 8.14. The predicted octanol–water partition coefficient (Wildman–Crippen LogP) is 4.12. The molecule has 3 nitrogen and oxygen atoms in total. The number of hydrogen-bond acceptors (Lipinski definition) is 2. The van der Waals surface area contributed by atoms with E-state index in [2.05, 4.69) is 13.0 Å². The van der Waals surface area contributed by atoms with Crippen LogP contribution in [0.25, 0.3) is 21.7 Å². The number of fused-ring (bicyclic) bond motifs is 3. The van der Waals surface area contributed by atoms with E-state index >= 15 is 0 Å². The molecule has 0 aliphatic heterocycles. The fraction of sp³-hybridized carbons (Fsp3) is 0.316. The number of aromatic hydroxyl groups is 1. The topological polar surface area (TPSA) is 42.2 Å². The van der Waals surface area contributed by atoms with Crippen molar-refractivity contribution < 1.29 is 5.11 Å². The summed E-state index contributed by atoms with van der Waals surface area (Å²) in [6.45, 7) is 6.01. The Morgan fingerprint density at radius 2 is 1.50 bits per heavy atom. The molecule has 0 spiro atoms. The zero-order chi connectivity index (χ0) is 15.6. The van der Waals surface area contributed by atoms with Crippen molar-refractivity contribution in [3.05, 3.63) is 51.3 Å². The fourth-order valence-electron chi connectivity index (χ4n) is 3.25. The number of aryl methyl sites for hydroxylation is 3. The van der Waals surface area contributed by atoms with Crippen LogP contribution in [0.3, 0.4) is 0 Å². The maximum Gasteiger partial charge on any atom is 0.259 e. The monoisotopic (exact) mass is 293 g/mol. The molecule has 1 fully saturated rings. The Morgan fingerprint density at radius 3 is 2.14 bits per heavy atom. The van der Waals surface area contributed by atoms with E-state index in [4.69, 9.17) is 0 Å². The number of phenols is 1. The van der Waals surface area contributed by atoms with Crippen molar-refractivity contribution in [1.29, 1.82) is 0 Å². The first kappa shape index (κ1) is 13.4. The highest BCUT2D eigenvalue weighted by molar-refractivity contribution is 6.06. The van der Waals surface area contributed by atoms with E-state index in [1.807, 2.05) is 30.5 Å². The van der Waals surface area contributed by atoms with E-state index in [1.165, 1.54) is 5.56 Å². The summed E-state index contributed by atoms with van der Waals surface area (Å²) in [4.78, 5) is 13.0. The van der Waals surface area contributed by atoms with Crippen LogP contribution in [0.1, 0.15) is 35.6 Å². The molecule has 1 aromatic heterocycles. The zero-order valence-electron chi connectivity index (χ0n) is 13.1. The number of hydrogen-bond donors (Lipinski definition) is 1. The van der Waals surface area contributed by atoms with Crippen LogP contribution < -0.4 is 5.56 Å². The molecule has 0 saturated heterocycles. The molecule has 4 rings (SSSR count). The molecule has 0 unspecified atom stereocenters. The number of aromatic nitrogens is 1. The normalized spacial score (nSPS) is 14.9. The van der Waals surface area contributed by atoms with Gasteiger partial charge in [0.05, 0.1) is 5.52 Å². The van der Waals surface area contributed by atoms with Crippen LogP contribution in [-0.2, 0) is 0 Å². The lowest BCUT2D eigenvalue weighted by Gasteiger charge is -2.15. The molecule has 2 aromatic carbocycles. The SMILES string of the molecule is Cc1cc2c(=O)n(C3CC3)c3cc(O)c(C)cc3c2cc1C. The molecule has 1 heterocycles. The first-order valence-corrected chi connectivity index (χ1v) is 7.76. The van der Waals surface area contributed by atoms with Gasteiger partial charge in [0.15, 0.2) is 0 Å². The average molecular weight is 293 g/mol. The second kappa shape index (κ2) is 4.35. The standard InChI is InChI=1S/C19H19NO2/c1-10-6-14-15-8-12(3)18(21)9-17(15)20(13-4-5-13)19(22)16(14)7-11(10)2/h6-9,13,21H,4-5H2,1-3H3. The maximum absolute atomic E-state index is 13.0. The van der Waals surface area contributed by atoms with Crippen LogP contribution >= 0.6 is 0 Å². The maximum atomic E-state index is 13.0. The summed E-state index contributed by atoms with van der Waals surface area (Å²) in [6.07, 6.45) is 2.08. The lowest BCUT2D eigenvalue weighted by molar-refractivity contribution is 0.471. The third-order valence-corrected chi connectivity index (χ3v) is 4.86. The van der Waals surface area contributed by atoms with Crippen LogP contribution in [0.5, 0.6) is 5.75 Å². The minimum absolute atomic E-state index is 0.0661. The number of phenolic OH excluding ortho intramolecular Hbond substituents is 1. The zero-order valence-corrected chi connectivity index (χ0v) is 13.1. The molecular formula is C19H19NO2. The van der Waals surface area contributed by atoms with Gasteiger partial charge < -0.3 is 9.67 Å². The molecule has 1 aliphatic rings. The summed E-state index contributed by atoms with van der Waals surface area (Å²) in [7, 11) is 0. The number of pyridine rings is 1. The van der Waals surface area contributed by atoms with Crippen LogP contribution in [-0.4, -0.2) is 9.67 Å². The first-order valence-electron chi connectivity index (χ1n) is 7.76. The summed E-state index contributed by atoms with van der Waals surface area (Å²) < 4.78 is 1.88. The number of rotatable bonds is 1. The van der Waals surface area contributed by atoms with Crippen molar-refractivity contribution in [2.24, 2.45) is 0 Å². The van der Waals surface area contributed by atoms with Gasteiger partial charge in [0.2, 0.25) is 0 Å². The molecule has 0 radical (unpaired) electrons. The highest BCUT2D eigenvalue weighted by atomic mass is 16.3. The van der Waals surface area contributed by atoms with Gasteiger partial charge >= 0.3 is 0 Å². The highest BCUT2D eigenvalue weighted by Crippen LogP contribution is 2.39. The van der Waals surface area contributed by atoms with E-state index in [0.717, 1.165) is 45.6 Å². The van der Waals surface area contributed by atoms with E-state index in [0.29, 0.717) is 0 Å². The highest BCUT2D eigenvalue weighted by Gasteiger charge is 2.27. The summed E-state index contributed by atoms with van der Waals surface area (Å²) in [5.74, 6) is 0.254. The van der Waals surface area contributed by atoms with Crippen LogP contribution in [0.15, 0.2) is 29.1 Å². The summed E-state index contributed by atoms with van der Waals surface area (Å²) >= 11 is 0. The first-order chi connectivity index (χ1) is 10.5. The second-order valence-electron chi connectivity index (χ2n) is 6.54. The Labute approximate surface area is 128 Å². The minimum atomic E-state index is 0.0661. The molecule has 3 aromatic rings. The Hall–Kier alpha value is -2.29. The van der Waals surface area contributed by atoms with Gasteiger partial charge in [-0.15, -0.1) is 0 Å². The van der Waals surface area contributed by atoms with E-state index in [-0.39, 0.29) is 17.4 Å². The molecule has 0 bridgehead atoms. The number of benzene rings is 2. The molecule has 0 atom stereocenters. The van der Waals surface area contributed by atoms with Gasteiger partial charge in [0.25, 0.3) is 5.56 Å². The van der Waals surface area contributed by atoms with Crippen molar-refractivity contribution >= 4 is 21.7 Å². The van der Waals surface area contributed by atoms with Crippen LogP contribution in [0.4, 0.5) is 0 Å². The Balaban J connectivity index is 2.29. The molecule has 112 valence electrons. The van der Waals surface area contributed by atoms with Gasteiger partial charge in [-0.1, -0.05) is 6.07 Å².